The van der Waals surface area contributed by atoms with Crippen molar-refractivity contribution in [2.24, 2.45) is 0 Å². The lowest BCUT2D eigenvalue weighted by molar-refractivity contribution is -0.105. The Kier molecular flexibility index (Phi) is 3.25. The quantitative estimate of drug-likeness (QED) is 0.846. The number of carbonyl (C=O) groups excluding carboxylic acids is 1. The van der Waals surface area contributed by atoms with Crippen LogP contribution >= 0.6 is 0 Å². The average molecular weight is 279 g/mol. The first-order valence-corrected chi connectivity index (χ1v) is 5.19. The average Bonchev–Trinajstić information content (AvgIpc) is 2.33. The fourth-order valence-electron chi connectivity index (χ4n) is 1.75. The normalized spacial score (nSPS) is 21.5. The number of hydrogen-bond donors (Lipinski definition) is 1. The van der Waals surface area contributed by atoms with Gasteiger partial charge in [-0.25, -0.2) is 22.4 Å². The zero-order valence-corrected chi connectivity index (χ0v) is 9.68. The number of alkyl halides is 2. The summed E-state index contributed by atoms with van der Waals surface area (Å²) in [4.78, 5) is 10.9. The van der Waals surface area contributed by atoms with Gasteiger partial charge in [-0.2, -0.15) is 0 Å². The molecule has 0 aliphatic carbocycles. The van der Waals surface area contributed by atoms with E-state index in [1.807, 2.05) is 0 Å². The number of carbonyl (C=O) groups is 1. The number of amides is 1. The molecule has 0 bridgehead atoms. The number of hydrogen-bond acceptors (Lipinski definition) is 3. The van der Waals surface area contributed by atoms with E-state index in [-0.39, 0.29) is 5.75 Å². The Bertz CT molecular complexity index is 498. The summed E-state index contributed by atoms with van der Waals surface area (Å²) in [6, 6.07) is -0.605. The minimum atomic E-state index is -3.62. The topological polar surface area (TPSA) is 47.6 Å². The maximum Gasteiger partial charge on any atom is 0.408 e. The summed E-state index contributed by atoms with van der Waals surface area (Å²) in [5.41, 5.74) is -0.928. The highest BCUT2D eigenvalue weighted by Gasteiger charge is 2.49. The Morgan fingerprint density at radius 3 is 2.47 bits per heavy atom. The highest BCUT2D eigenvalue weighted by atomic mass is 19.3. The van der Waals surface area contributed by atoms with Crippen LogP contribution in [0.2, 0.25) is 0 Å². The minimum Gasteiger partial charge on any atom is -0.497 e. The van der Waals surface area contributed by atoms with Crippen molar-refractivity contribution in [1.29, 1.82) is 0 Å². The molecule has 1 heterocycles. The second-order valence-corrected chi connectivity index (χ2v) is 3.92. The van der Waals surface area contributed by atoms with Gasteiger partial charge in [0.15, 0.2) is 6.61 Å². The molecule has 1 atom stereocenters. The lowest BCUT2D eigenvalue weighted by Gasteiger charge is -2.32. The van der Waals surface area contributed by atoms with Gasteiger partial charge in [-0.05, 0) is 0 Å². The SMILES string of the molecule is COc1cc(F)c([C@H]2NC(=O)OCC2(F)F)c(F)c1. The Morgan fingerprint density at radius 1 is 1.37 bits per heavy atom. The molecule has 19 heavy (non-hydrogen) atoms. The van der Waals surface area contributed by atoms with Crippen LogP contribution in [0.1, 0.15) is 11.6 Å². The molecule has 4 nitrogen and oxygen atoms in total. The van der Waals surface area contributed by atoms with Gasteiger partial charge in [0.05, 0.1) is 12.7 Å². The first-order chi connectivity index (χ1) is 8.85. The zero-order chi connectivity index (χ0) is 14.2. The van der Waals surface area contributed by atoms with E-state index in [0.29, 0.717) is 0 Å². The van der Waals surface area contributed by atoms with Gasteiger partial charge in [-0.3, -0.25) is 0 Å². The summed E-state index contributed by atoms with van der Waals surface area (Å²) in [7, 11) is 1.18. The van der Waals surface area contributed by atoms with Crippen molar-refractivity contribution in [3.63, 3.8) is 0 Å². The number of methoxy groups -OCH3 is 1. The van der Waals surface area contributed by atoms with Gasteiger partial charge in [0.25, 0.3) is 0 Å². The third-order valence-electron chi connectivity index (χ3n) is 2.66. The van der Waals surface area contributed by atoms with Crippen LogP contribution in [0.25, 0.3) is 0 Å². The number of alkyl carbamates (subject to hydrolysis) is 1. The molecule has 0 radical (unpaired) electrons. The van der Waals surface area contributed by atoms with E-state index in [1.54, 1.807) is 5.32 Å². The molecule has 1 amide bonds. The van der Waals surface area contributed by atoms with Crippen molar-refractivity contribution in [3.8, 4) is 5.75 Å². The summed E-state index contributed by atoms with van der Waals surface area (Å²) in [5, 5.41) is 1.71. The molecule has 1 aromatic carbocycles. The number of nitrogens with one attached hydrogen (secondary N) is 1. The standard InChI is InChI=1S/C11H9F4NO3/c1-18-5-2-6(12)8(7(13)3-5)9-11(14,15)4-19-10(17)16-9/h2-3,9H,4H2,1H3,(H,16,17)/t9-/m1/s1. The molecule has 0 aromatic heterocycles. The van der Waals surface area contributed by atoms with Gasteiger partial charge >= 0.3 is 12.0 Å². The second-order valence-electron chi connectivity index (χ2n) is 3.92. The van der Waals surface area contributed by atoms with Crippen molar-refractivity contribution >= 4 is 6.09 Å². The molecule has 1 aliphatic rings. The van der Waals surface area contributed by atoms with Crippen LogP contribution < -0.4 is 10.1 Å². The highest BCUT2D eigenvalue weighted by Crippen LogP contribution is 2.37. The smallest absolute Gasteiger partial charge is 0.408 e. The molecule has 2 rings (SSSR count). The fraction of sp³-hybridized carbons (Fsp3) is 0.364. The summed E-state index contributed by atoms with van der Waals surface area (Å²) in [6.07, 6.45) is -1.16. The van der Waals surface area contributed by atoms with Crippen LogP contribution in [0, 0.1) is 11.6 Å². The molecule has 104 valence electrons. The Morgan fingerprint density at radius 2 is 1.95 bits per heavy atom. The summed E-state index contributed by atoms with van der Waals surface area (Å²) in [5.74, 6) is -6.24. The molecule has 0 unspecified atom stereocenters. The monoisotopic (exact) mass is 279 g/mol. The third kappa shape index (κ3) is 2.42. The van der Waals surface area contributed by atoms with E-state index in [9.17, 15) is 22.4 Å². The van der Waals surface area contributed by atoms with E-state index in [2.05, 4.69) is 9.47 Å². The number of halogens is 4. The lowest BCUT2D eigenvalue weighted by Crippen LogP contribution is -2.50. The maximum atomic E-state index is 13.7. The number of cyclic esters (lactones) is 1. The molecule has 1 aromatic rings. The van der Waals surface area contributed by atoms with Crippen LogP contribution in [0.3, 0.4) is 0 Å². The van der Waals surface area contributed by atoms with Crippen LogP contribution in [-0.4, -0.2) is 25.7 Å². The van der Waals surface area contributed by atoms with Crippen molar-refractivity contribution < 1.29 is 31.8 Å². The van der Waals surface area contributed by atoms with Gasteiger partial charge in [0.2, 0.25) is 0 Å². The molecule has 0 saturated carbocycles. The molecule has 1 fully saturated rings. The fourth-order valence-corrected chi connectivity index (χ4v) is 1.75. The predicted octanol–water partition coefficient (Wildman–Crippen LogP) is 2.39. The van der Waals surface area contributed by atoms with Crippen molar-refractivity contribution in [2.75, 3.05) is 13.7 Å². The van der Waals surface area contributed by atoms with Gasteiger partial charge in [0.1, 0.15) is 23.4 Å². The third-order valence-corrected chi connectivity index (χ3v) is 2.66. The first kappa shape index (κ1) is 13.4. The maximum absolute atomic E-state index is 13.7. The number of benzene rings is 1. The molecule has 8 heteroatoms. The lowest BCUT2D eigenvalue weighted by atomic mass is 9.98. The van der Waals surface area contributed by atoms with Gasteiger partial charge in [-0.15, -0.1) is 0 Å². The van der Waals surface area contributed by atoms with Crippen molar-refractivity contribution in [3.05, 3.63) is 29.3 Å². The first-order valence-electron chi connectivity index (χ1n) is 5.19. The minimum absolute atomic E-state index is 0.152. The van der Waals surface area contributed by atoms with E-state index in [1.165, 1.54) is 7.11 Å². The van der Waals surface area contributed by atoms with E-state index < -0.39 is 41.9 Å². The van der Waals surface area contributed by atoms with Gasteiger partial charge in [-0.1, -0.05) is 0 Å². The van der Waals surface area contributed by atoms with Crippen molar-refractivity contribution in [2.45, 2.75) is 12.0 Å². The predicted molar refractivity (Wildman–Crippen MR) is 55.1 cm³/mol. The summed E-state index contributed by atoms with van der Waals surface area (Å²) < 4.78 is 63.3. The van der Waals surface area contributed by atoms with Crippen molar-refractivity contribution in [1.82, 2.24) is 5.32 Å². The number of rotatable bonds is 2. The second kappa shape index (κ2) is 4.60. The van der Waals surface area contributed by atoms with Crippen LogP contribution in [0.4, 0.5) is 22.4 Å². The highest BCUT2D eigenvalue weighted by molar-refractivity contribution is 5.69. The van der Waals surface area contributed by atoms with Crippen LogP contribution in [0.15, 0.2) is 12.1 Å². The molecule has 0 spiro atoms. The Balaban J connectivity index is 2.48. The van der Waals surface area contributed by atoms with Crippen LogP contribution in [-0.2, 0) is 4.74 Å². The molecule has 1 N–H and O–H groups in total. The van der Waals surface area contributed by atoms with Gasteiger partial charge < -0.3 is 14.8 Å². The molecule has 1 saturated heterocycles. The zero-order valence-electron chi connectivity index (χ0n) is 9.68. The summed E-state index contributed by atoms with van der Waals surface area (Å²) in [6.45, 7) is -1.24. The summed E-state index contributed by atoms with van der Waals surface area (Å²) >= 11 is 0. The molecule has 1 aliphatic heterocycles. The van der Waals surface area contributed by atoms with E-state index in [0.717, 1.165) is 12.1 Å². The van der Waals surface area contributed by atoms with E-state index in [4.69, 9.17) is 0 Å². The van der Waals surface area contributed by atoms with Gasteiger partial charge in [0, 0.05) is 12.1 Å². The molecular weight excluding hydrogens is 270 g/mol. The molecular formula is C11H9F4NO3. The number of ether oxygens (including phenoxy) is 2. The van der Waals surface area contributed by atoms with Crippen LogP contribution in [0.5, 0.6) is 5.75 Å². The Hall–Kier alpha value is -1.99. The Labute approximate surface area is 105 Å². The largest absolute Gasteiger partial charge is 0.497 e. The van der Waals surface area contributed by atoms with E-state index >= 15 is 0 Å².